The summed E-state index contributed by atoms with van der Waals surface area (Å²) in [6.45, 7) is 2.04. The second kappa shape index (κ2) is 7.92. The molecule has 2 heterocycles. The van der Waals surface area contributed by atoms with Crippen molar-refractivity contribution in [1.82, 2.24) is 9.97 Å². The highest BCUT2D eigenvalue weighted by Crippen LogP contribution is 2.30. The Labute approximate surface area is 140 Å². The van der Waals surface area contributed by atoms with E-state index in [9.17, 15) is 0 Å². The molecule has 4 heteroatoms. The van der Waals surface area contributed by atoms with E-state index < -0.39 is 0 Å². The molecule has 0 spiro atoms. The van der Waals surface area contributed by atoms with Gasteiger partial charge in [-0.15, -0.1) is 0 Å². The molecule has 0 saturated carbocycles. The number of nitrogens with zero attached hydrogens (tertiary/aromatic N) is 2. The lowest BCUT2D eigenvalue weighted by Gasteiger charge is -2.00. The van der Waals surface area contributed by atoms with Crippen molar-refractivity contribution in [3.8, 4) is 22.6 Å². The molecule has 4 nitrogen and oxygen atoms in total. The standard InChI is InChI=1S/C15H11NO.C5H7NO/c1-3-7-12(8-4-1)14-15(17-11-16-14)13-9-5-2-6-10-13;1-2-5-3-7-4-6-5/h1-11H;3-4H,2H2,1H3. The van der Waals surface area contributed by atoms with Crippen LogP contribution < -0.4 is 0 Å². The molecule has 2 aromatic carbocycles. The van der Waals surface area contributed by atoms with Gasteiger partial charge in [-0.05, 0) is 6.42 Å². The topological polar surface area (TPSA) is 52.1 Å². The molecule has 0 unspecified atom stereocenters. The third-order valence-electron chi connectivity index (χ3n) is 3.50. The molecule has 0 N–H and O–H groups in total. The van der Waals surface area contributed by atoms with Crippen molar-refractivity contribution >= 4 is 0 Å². The maximum absolute atomic E-state index is 5.49. The van der Waals surface area contributed by atoms with Crippen LogP contribution in [0.3, 0.4) is 0 Å². The Morgan fingerprint density at radius 2 is 1.46 bits per heavy atom. The van der Waals surface area contributed by atoms with E-state index >= 15 is 0 Å². The van der Waals surface area contributed by atoms with Crippen molar-refractivity contribution in [3.63, 3.8) is 0 Å². The molecule has 2 aromatic heterocycles. The van der Waals surface area contributed by atoms with Crippen LogP contribution in [-0.2, 0) is 6.42 Å². The molecule has 4 aromatic rings. The van der Waals surface area contributed by atoms with Crippen LogP contribution in [0.2, 0.25) is 0 Å². The Morgan fingerprint density at radius 3 is 2.00 bits per heavy atom. The molecular formula is C20H18N2O2. The van der Waals surface area contributed by atoms with Gasteiger partial charge >= 0.3 is 0 Å². The Morgan fingerprint density at radius 1 is 0.792 bits per heavy atom. The highest BCUT2D eigenvalue weighted by molar-refractivity contribution is 5.76. The first-order valence-electron chi connectivity index (χ1n) is 7.80. The maximum Gasteiger partial charge on any atom is 0.182 e. The summed E-state index contributed by atoms with van der Waals surface area (Å²) < 4.78 is 10.2. The molecule has 0 saturated heterocycles. The Kier molecular flexibility index (Phi) is 5.20. The number of aryl methyl sites for hydroxylation is 1. The van der Waals surface area contributed by atoms with Gasteiger partial charge in [-0.1, -0.05) is 67.6 Å². The SMILES string of the molecule is CCc1cocn1.c1ccc(-c2ncoc2-c2ccccc2)cc1. The smallest absolute Gasteiger partial charge is 0.182 e. The lowest BCUT2D eigenvalue weighted by atomic mass is 10.1. The molecule has 120 valence electrons. The number of hydrogen-bond acceptors (Lipinski definition) is 4. The van der Waals surface area contributed by atoms with E-state index in [-0.39, 0.29) is 0 Å². The molecular weight excluding hydrogens is 300 g/mol. The highest BCUT2D eigenvalue weighted by Gasteiger charge is 2.11. The zero-order valence-corrected chi connectivity index (χ0v) is 13.4. The molecule has 0 amide bonds. The fraction of sp³-hybridized carbons (Fsp3) is 0.100. The summed E-state index contributed by atoms with van der Waals surface area (Å²) in [6.07, 6.45) is 5.54. The van der Waals surface area contributed by atoms with Gasteiger partial charge in [-0.3, -0.25) is 0 Å². The van der Waals surface area contributed by atoms with Gasteiger partial charge in [0.15, 0.2) is 18.5 Å². The van der Waals surface area contributed by atoms with Gasteiger partial charge in [-0.25, -0.2) is 9.97 Å². The summed E-state index contributed by atoms with van der Waals surface area (Å²) in [4.78, 5) is 8.16. The van der Waals surface area contributed by atoms with Crippen LogP contribution in [0, 0.1) is 0 Å². The Balaban J connectivity index is 0.000000203. The fourth-order valence-corrected chi connectivity index (χ4v) is 2.25. The van der Waals surface area contributed by atoms with Crippen LogP contribution >= 0.6 is 0 Å². The van der Waals surface area contributed by atoms with Gasteiger partial charge in [-0.2, -0.15) is 0 Å². The zero-order chi connectivity index (χ0) is 16.6. The van der Waals surface area contributed by atoms with Gasteiger partial charge in [0.2, 0.25) is 0 Å². The second-order valence-electron chi connectivity index (χ2n) is 5.10. The molecule has 24 heavy (non-hydrogen) atoms. The highest BCUT2D eigenvalue weighted by atomic mass is 16.3. The van der Waals surface area contributed by atoms with Crippen molar-refractivity contribution in [2.24, 2.45) is 0 Å². The van der Waals surface area contributed by atoms with Crippen LogP contribution in [0.1, 0.15) is 12.6 Å². The van der Waals surface area contributed by atoms with E-state index in [0.29, 0.717) is 0 Å². The van der Waals surface area contributed by atoms with Crippen molar-refractivity contribution in [2.75, 3.05) is 0 Å². The largest absolute Gasteiger partial charge is 0.451 e. The fourth-order valence-electron chi connectivity index (χ4n) is 2.25. The van der Waals surface area contributed by atoms with E-state index in [4.69, 9.17) is 8.83 Å². The molecule has 0 aliphatic carbocycles. The average Bonchev–Trinajstić information content (AvgIpc) is 3.35. The van der Waals surface area contributed by atoms with Gasteiger partial charge < -0.3 is 8.83 Å². The molecule has 0 aliphatic rings. The van der Waals surface area contributed by atoms with Crippen molar-refractivity contribution in [1.29, 1.82) is 0 Å². The van der Waals surface area contributed by atoms with E-state index in [1.54, 1.807) is 6.26 Å². The number of benzene rings is 2. The normalized spacial score (nSPS) is 10.0. The molecule has 0 aliphatic heterocycles. The first-order chi connectivity index (χ1) is 11.9. The lowest BCUT2D eigenvalue weighted by molar-refractivity contribution is 0.556. The molecule has 0 bridgehead atoms. The van der Waals surface area contributed by atoms with Gasteiger partial charge in [0.25, 0.3) is 0 Å². The van der Waals surface area contributed by atoms with Gasteiger partial charge in [0.1, 0.15) is 12.0 Å². The number of aromatic nitrogens is 2. The van der Waals surface area contributed by atoms with Crippen LogP contribution in [0.5, 0.6) is 0 Å². The maximum atomic E-state index is 5.49. The molecule has 0 fully saturated rings. The predicted molar refractivity (Wildman–Crippen MR) is 93.3 cm³/mol. The second-order valence-corrected chi connectivity index (χ2v) is 5.10. The first kappa shape index (κ1) is 15.7. The van der Waals surface area contributed by atoms with Crippen LogP contribution in [0.25, 0.3) is 22.6 Å². The summed E-state index contributed by atoms with van der Waals surface area (Å²) in [7, 11) is 0. The number of oxazole rings is 2. The summed E-state index contributed by atoms with van der Waals surface area (Å²) in [6, 6.07) is 20.1. The van der Waals surface area contributed by atoms with E-state index in [0.717, 1.165) is 34.7 Å². The third-order valence-corrected chi connectivity index (χ3v) is 3.50. The first-order valence-corrected chi connectivity index (χ1v) is 7.80. The minimum absolute atomic E-state index is 0.816. The molecule has 0 radical (unpaired) electrons. The van der Waals surface area contributed by atoms with Gasteiger partial charge in [0.05, 0.1) is 5.69 Å². The minimum atomic E-state index is 0.816. The zero-order valence-electron chi connectivity index (χ0n) is 13.4. The van der Waals surface area contributed by atoms with Crippen molar-refractivity contribution in [2.45, 2.75) is 13.3 Å². The minimum Gasteiger partial charge on any atom is -0.451 e. The van der Waals surface area contributed by atoms with E-state index in [1.807, 2.05) is 67.6 Å². The van der Waals surface area contributed by atoms with Crippen LogP contribution in [0.4, 0.5) is 0 Å². The number of hydrogen-bond donors (Lipinski definition) is 0. The Bertz CT molecular complexity index is 784. The van der Waals surface area contributed by atoms with Gasteiger partial charge in [0, 0.05) is 11.1 Å². The van der Waals surface area contributed by atoms with Crippen molar-refractivity contribution < 1.29 is 8.83 Å². The van der Waals surface area contributed by atoms with Crippen LogP contribution in [0.15, 0.2) is 88.5 Å². The summed E-state index contributed by atoms with van der Waals surface area (Å²) in [5.41, 5.74) is 4.01. The summed E-state index contributed by atoms with van der Waals surface area (Å²) in [5, 5.41) is 0. The predicted octanol–water partition coefficient (Wildman–Crippen LogP) is 5.25. The number of rotatable bonds is 3. The van der Waals surface area contributed by atoms with Crippen molar-refractivity contribution in [3.05, 3.63) is 85.4 Å². The quantitative estimate of drug-likeness (QED) is 0.518. The Hall–Kier alpha value is -3.14. The third kappa shape index (κ3) is 3.79. The summed E-state index contributed by atoms with van der Waals surface area (Å²) >= 11 is 0. The van der Waals surface area contributed by atoms with E-state index in [1.165, 1.54) is 12.8 Å². The van der Waals surface area contributed by atoms with Crippen LogP contribution in [-0.4, -0.2) is 9.97 Å². The molecule has 4 rings (SSSR count). The molecule has 0 atom stereocenters. The monoisotopic (exact) mass is 318 g/mol. The summed E-state index contributed by atoms with van der Waals surface area (Å²) in [5.74, 6) is 0.816. The lowest BCUT2D eigenvalue weighted by Crippen LogP contribution is -1.81. The van der Waals surface area contributed by atoms with E-state index in [2.05, 4.69) is 9.97 Å². The average molecular weight is 318 g/mol.